The van der Waals surface area contributed by atoms with Crippen LogP contribution in [0.4, 0.5) is 0 Å². The SMILES string of the molecule is CC1(C)C(=O)C(Br)C1C(Cl)=C(Cl)Cl. The Morgan fingerprint density at radius 3 is 2.15 bits per heavy atom. The molecule has 0 aromatic heterocycles. The minimum Gasteiger partial charge on any atom is -0.298 e. The fraction of sp³-hybridized carbons (Fsp3) is 0.625. The van der Waals surface area contributed by atoms with Crippen LogP contribution in [0.25, 0.3) is 0 Å². The average molecular weight is 306 g/mol. The van der Waals surface area contributed by atoms with E-state index < -0.39 is 5.41 Å². The maximum Gasteiger partial charge on any atom is 0.153 e. The van der Waals surface area contributed by atoms with E-state index in [1.807, 2.05) is 13.8 Å². The van der Waals surface area contributed by atoms with Gasteiger partial charge >= 0.3 is 0 Å². The predicted molar refractivity (Wildman–Crippen MR) is 59.6 cm³/mol. The lowest BCUT2D eigenvalue weighted by Crippen LogP contribution is -2.55. The Bertz CT molecular complexity index is 281. The van der Waals surface area contributed by atoms with Crippen molar-refractivity contribution < 1.29 is 4.79 Å². The molecule has 1 rings (SSSR count). The largest absolute Gasteiger partial charge is 0.298 e. The number of carbonyl (C=O) groups excluding carboxylic acids is 1. The number of hydrogen-bond donors (Lipinski definition) is 0. The van der Waals surface area contributed by atoms with Crippen molar-refractivity contribution in [1.29, 1.82) is 0 Å². The lowest BCUT2D eigenvalue weighted by atomic mass is 9.61. The van der Waals surface area contributed by atoms with E-state index in [2.05, 4.69) is 15.9 Å². The van der Waals surface area contributed by atoms with Crippen molar-refractivity contribution in [2.75, 3.05) is 0 Å². The summed E-state index contributed by atoms with van der Waals surface area (Å²) in [5, 5.41) is 0.356. The Hall–Kier alpha value is 0.760. The molecule has 0 N–H and O–H groups in total. The van der Waals surface area contributed by atoms with Crippen molar-refractivity contribution in [3.63, 3.8) is 0 Å². The molecule has 0 saturated heterocycles. The molecule has 0 aromatic carbocycles. The zero-order valence-electron chi connectivity index (χ0n) is 7.07. The van der Waals surface area contributed by atoms with Gasteiger partial charge in [0.1, 0.15) is 4.49 Å². The fourth-order valence-electron chi connectivity index (χ4n) is 1.49. The van der Waals surface area contributed by atoms with Gasteiger partial charge in [-0.3, -0.25) is 4.79 Å². The maximum absolute atomic E-state index is 11.4. The summed E-state index contributed by atoms with van der Waals surface area (Å²) in [5.41, 5.74) is -0.472. The van der Waals surface area contributed by atoms with E-state index in [-0.39, 0.29) is 21.0 Å². The van der Waals surface area contributed by atoms with E-state index >= 15 is 0 Å². The Morgan fingerprint density at radius 1 is 1.38 bits per heavy atom. The third kappa shape index (κ3) is 1.79. The molecule has 0 aromatic rings. The van der Waals surface area contributed by atoms with Gasteiger partial charge in [0.25, 0.3) is 0 Å². The predicted octanol–water partition coefficient (Wildman–Crippen LogP) is 3.86. The Morgan fingerprint density at radius 2 is 1.85 bits per heavy atom. The highest BCUT2D eigenvalue weighted by Crippen LogP contribution is 2.52. The zero-order valence-corrected chi connectivity index (χ0v) is 10.9. The molecular formula is C8H8BrCl3O. The highest BCUT2D eigenvalue weighted by molar-refractivity contribution is 9.10. The summed E-state index contributed by atoms with van der Waals surface area (Å²) in [5.74, 6) is 0.0110. The molecule has 13 heavy (non-hydrogen) atoms. The number of Topliss-reactive ketones (excluding diaryl/α,β-unsaturated/α-hetero) is 1. The van der Waals surface area contributed by atoms with Gasteiger partial charge in [-0.25, -0.2) is 0 Å². The zero-order chi connectivity index (χ0) is 10.4. The van der Waals surface area contributed by atoms with E-state index in [0.717, 1.165) is 0 Å². The normalized spacial score (nSPS) is 31.1. The molecule has 74 valence electrons. The van der Waals surface area contributed by atoms with E-state index in [0.29, 0.717) is 5.03 Å². The van der Waals surface area contributed by atoms with Crippen LogP contribution in [0.15, 0.2) is 9.52 Å². The second kappa shape index (κ2) is 3.73. The van der Waals surface area contributed by atoms with Crippen LogP contribution in [0.5, 0.6) is 0 Å². The van der Waals surface area contributed by atoms with Crippen LogP contribution >= 0.6 is 50.7 Å². The van der Waals surface area contributed by atoms with Gasteiger partial charge < -0.3 is 0 Å². The molecule has 1 saturated carbocycles. The third-order valence-corrected chi connectivity index (χ3v) is 4.38. The Kier molecular flexibility index (Phi) is 3.39. The highest BCUT2D eigenvalue weighted by Gasteiger charge is 2.56. The highest BCUT2D eigenvalue weighted by atomic mass is 79.9. The minimum absolute atomic E-state index is 0.0386. The van der Waals surface area contributed by atoms with Crippen LogP contribution in [0.2, 0.25) is 0 Å². The summed E-state index contributed by atoms with van der Waals surface area (Å²) in [6.07, 6.45) is 0. The van der Waals surface area contributed by atoms with Gasteiger partial charge in [0.15, 0.2) is 5.78 Å². The second-order valence-corrected chi connectivity index (χ2v) is 5.92. The number of carbonyl (C=O) groups is 1. The van der Waals surface area contributed by atoms with Crippen molar-refractivity contribution in [2.24, 2.45) is 11.3 Å². The molecule has 1 aliphatic carbocycles. The van der Waals surface area contributed by atoms with Gasteiger partial charge in [0.2, 0.25) is 0 Å². The molecule has 2 atom stereocenters. The van der Waals surface area contributed by atoms with Crippen molar-refractivity contribution >= 4 is 56.5 Å². The van der Waals surface area contributed by atoms with E-state index in [1.54, 1.807) is 0 Å². The van der Waals surface area contributed by atoms with Gasteiger partial charge in [-0.1, -0.05) is 64.6 Å². The molecular weight excluding hydrogens is 298 g/mol. The Balaban J connectivity index is 2.97. The van der Waals surface area contributed by atoms with Gasteiger partial charge in [0.05, 0.1) is 9.86 Å². The lowest BCUT2D eigenvalue weighted by molar-refractivity contribution is -0.138. The average Bonchev–Trinajstić information content (AvgIpc) is 2.03. The summed E-state index contributed by atoms with van der Waals surface area (Å²) >= 11 is 20.3. The first-order valence-corrected chi connectivity index (χ1v) is 5.74. The van der Waals surface area contributed by atoms with Gasteiger partial charge in [-0.2, -0.15) is 0 Å². The number of hydrogen-bond acceptors (Lipinski definition) is 1. The molecule has 0 spiro atoms. The standard InChI is InChI=1S/C8H8BrCl3O/c1-8(2)3(4(9)6(8)13)5(10)7(11)12/h3-4H,1-2H3. The smallest absolute Gasteiger partial charge is 0.153 e. The number of halogens is 4. The van der Waals surface area contributed by atoms with E-state index in [4.69, 9.17) is 34.8 Å². The molecule has 0 aliphatic heterocycles. The number of ketones is 1. The van der Waals surface area contributed by atoms with Gasteiger partial charge in [-0.15, -0.1) is 0 Å². The van der Waals surface area contributed by atoms with Crippen molar-refractivity contribution in [1.82, 2.24) is 0 Å². The quantitative estimate of drug-likeness (QED) is 0.672. The summed E-state index contributed by atoms with van der Waals surface area (Å²) in [6, 6.07) is 0. The molecule has 0 bridgehead atoms. The summed E-state index contributed by atoms with van der Waals surface area (Å²) < 4.78 is 0.0386. The van der Waals surface area contributed by atoms with Crippen LogP contribution in [0.3, 0.4) is 0 Å². The monoisotopic (exact) mass is 304 g/mol. The molecule has 1 fully saturated rings. The summed E-state index contributed by atoms with van der Waals surface area (Å²) in [7, 11) is 0. The molecule has 2 unspecified atom stereocenters. The van der Waals surface area contributed by atoms with Crippen molar-refractivity contribution in [3.8, 4) is 0 Å². The van der Waals surface area contributed by atoms with Gasteiger partial charge in [0, 0.05) is 11.3 Å². The summed E-state index contributed by atoms with van der Waals surface area (Å²) in [4.78, 5) is 11.1. The van der Waals surface area contributed by atoms with Crippen molar-refractivity contribution in [2.45, 2.75) is 18.7 Å². The van der Waals surface area contributed by atoms with Crippen LogP contribution in [0.1, 0.15) is 13.8 Å². The van der Waals surface area contributed by atoms with Crippen LogP contribution in [-0.2, 0) is 4.79 Å². The van der Waals surface area contributed by atoms with Gasteiger partial charge in [-0.05, 0) is 0 Å². The minimum atomic E-state index is -0.472. The first-order chi connectivity index (χ1) is 5.80. The number of allylic oxidation sites excluding steroid dienone is 1. The second-order valence-electron chi connectivity index (χ2n) is 3.57. The van der Waals surface area contributed by atoms with Crippen LogP contribution < -0.4 is 0 Å². The van der Waals surface area contributed by atoms with E-state index in [1.165, 1.54) is 0 Å². The number of alkyl halides is 1. The Labute approximate surface area is 101 Å². The molecule has 5 heteroatoms. The first kappa shape index (κ1) is 11.8. The van der Waals surface area contributed by atoms with E-state index in [9.17, 15) is 4.79 Å². The number of rotatable bonds is 1. The van der Waals surface area contributed by atoms with Crippen LogP contribution in [0, 0.1) is 11.3 Å². The topological polar surface area (TPSA) is 17.1 Å². The third-order valence-electron chi connectivity index (χ3n) is 2.41. The molecule has 0 heterocycles. The maximum atomic E-state index is 11.4. The lowest BCUT2D eigenvalue weighted by Gasteiger charge is -2.46. The van der Waals surface area contributed by atoms with Crippen LogP contribution in [-0.4, -0.2) is 10.6 Å². The molecule has 0 amide bonds. The molecule has 0 radical (unpaired) electrons. The van der Waals surface area contributed by atoms with Crippen molar-refractivity contribution in [3.05, 3.63) is 9.52 Å². The molecule has 1 aliphatic rings. The fourth-order valence-corrected chi connectivity index (χ4v) is 3.79. The first-order valence-electron chi connectivity index (χ1n) is 3.69. The molecule has 1 nitrogen and oxygen atoms in total. The summed E-state index contributed by atoms with van der Waals surface area (Å²) in [6.45, 7) is 3.66.